The van der Waals surface area contributed by atoms with Crippen molar-refractivity contribution in [3.05, 3.63) is 39.1 Å². The number of thiophene rings is 2. The molecule has 0 spiro atoms. The maximum atomic E-state index is 12.7. The predicted octanol–water partition coefficient (Wildman–Crippen LogP) is 1.31. The third-order valence-corrected chi connectivity index (χ3v) is 6.96. The summed E-state index contributed by atoms with van der Waals surface area (Å²) in [7, 11) is 0. The summed E-state index contributed by atoms with van der Waals surface area (Å²) in [5, 5.41) is 8.82. The predicted molar refractivity (Wildman–Crippen MR) is 116 cm³/mol. The zero-order chi connectivity index (χ0) is 18.8. The second kappa shape index (κ2) is 8.05. The maximum Gasteiger partial charge on any atom is 0.260 e. The number of H-pyrrole nitrogens is 1. The number of aromatic amines is 1. The number of nitrogens with zero attached hydrogens (tertiary/aromatic N) is 2. The minimum absolute atomic E-state index is 0.0361. The standard InChI is InChI=1S/C18H21N5OS3/c1-2-19-18(25)23-7-5-22(6-8-23)10-14-20-16(24)15-12(11-27-17(15)21-14)13-4-3-9-26-13/h3-4,9,11H,2,5-8,10H2,1H3,(H,19,25)(H,20,21,24)/p+1. The van der Waals surface area contributed by atoms with Gasteiger partial charge in [0, 0.05) is 22.4 Å². The van der Waals surface area contributed by atoms with E-state index < -0.39 is 0 Å². The van der Waals surface area contributed by atoms with Crippen LogP contribution in [0.2, 0.25) is 0 Å². The summed E-state index contributed by atoms with van der Waals surface area (Å²) in [6.45, 7) is 7.46. The minimum Gasteiger partial charge on any atom is -0.363 e. The van der Waals surface area contributed by atoms with Crippen LogP contribution in [0.4, 0.5) is 0 Å². The van der Waals surface area contributed by atoms with Crippen molar-refractivity contribution in [3.63, 3.8) is 0 Å². The number of fused-ring (bicyclic) bond motifs is 1. The van der Waals surface area contributed by atoms with Crippen LogP contribution in [0.15, 0.2) is 27.7 Å². The van der Waals surface area contributed by atoms with Crippen LogP contribution in [0.25, 0.3) is 20.7 Å². The Balaban J connectivity index is 1.48. The van der Waals surface area contributed by atoms with E-state index in [-0.39, 0.29) is 5.56 Å². The summed E-state index contributed by atoms with van der Waals surface area (Å²) in [6.07, 6.45) is 0. The molecule has 0 unspecified atom stereocenters. The molecule has 9 heteroatoms. The molecular weight excluding hydrogens is 398 g/mol. The number of aromatic nitrogens is 2. The summed E-state index contributed by atoms with van der Waals surface area (Å²) in [6, 6.07) is 4.05. The van der Waals surface area contributed by atoms with Crippen LogP contribution in [-0.4, -0.2) is 52.7 Å². The average molecular weight is 421 g/mol. The number of hydrogen-bond donors (Lipinski definition) is 3. The first kappa shape index (κ1) is 18.5. The number of piperazine rings is 1. The fourth-order valence-electron chi connectivity index (χ4n) is 3.39. The molecule has 0 saturated carbocycles. The van der Waals surface area contributed by atoms with E-state index in [9.17, 15) is 4.79 Å². The van der Waals surface area contributed by atoms with E-state index in [4.69, 9.17) is 17.2 Å². The molecule has 0 aliphatic carbocycles. The third-order valence-electron chi connectivity index (χ3n) is 4.78. The van der Waals surface area contributed by atoms with Gasteiger partial charge in [-0.1, -0.05) is 6.07 Å². The van der Waals surface area contributed by atoms with Crippen molar-refractivity contribution in [2.45, 2.75) is 13.5 Å². The fraction of sp³-hybridized carbons (Fsp3) is 0.389. The molecule has 27 heavy (non-hydrogen) atoms. The molecule has 1 aliphatic rings. The lowest BCUT2D eigenvalue weighted by Crippen LogP contribution is -3.13. The summed E-state index contributed by atoms with van der Waals surface area (Å²) >= 11 is 8.58. The van der Waals surface area contributed by atoms with Gasteiger partial charge in [-0.2, -0.15) is 0 Å². The van der Waals surface area contributed by atoms with E-state index in [0.717, 1.165) is 65.5 Å². The highest BCUT2D eigenvalue weighted by molar-refractivity contribution is 7.80. The normalized spacial score (nSPS) is 15.4. The van der Waals surface area contributed by atoms with Gasteiger partial charge in [-0.25, -0.2) is 4.98 Å². The van der Waals surface area contributed by atoms with E-state index in [1.54, 1.807) is 22.7 Å². The Labute approximate surface area is 170 Å². The van der Waals surface area contributed by atoms with Crippen molar-refractivity contribution in [2.24, 2.45) is 0 Å². The Bertz CT molecular complexity index is 986. The summed E-state index contributed by atoms with van der Waals surface area (Å²) in [5.74, 6) is 0.768. The Morgan fingerprint density at radius 1 is 1.41 bits per heavy atom. The van der Waals surface area contributed by atoms with Crippen LogP contribution in [0.3, 0.4) is 0 Å². The van der Waals surface area contributed by atoms with Crippen LogP contribution >= 0.6 is 34.9 Å². The van der Waals surface area contributed by atoms with Crippen molar-refractivity contribution in [2.75, 3.05) is 32.7 Å². The molecule has 6 nitrogen and oxygen atoms in total. The van der Waals surface area contributed by atoms with E-state index >= 15 is 0 Å². The summed E-state index contributed by atoms with van der Waals surface area (Å²) in [5.41, 5.74) is 0.953. The quantitative estimate of drug-likeness (QED) is 0.556. The summed E-state index contributed by atoms with van der Waals surface area (Å²) in [4.78, 5) is 26.0. The lowest BCUT2D eigenvalue weighted by atomic mass is 10.2. The molecule has 4 rings (SSSR count). The SMILES string of the molecule is CCNC(=S)N1CC[NH+](Cc2nc3scc(-c4cccs4)c3c(=O)[nH]2)CC1. The molecule has 142 valence electrons. The highest BCUT2D eigenvalue weighted by Gasteiger charge is 2.23. The molecule has 0 radical (unpaired) electrons. The molecule has 3 aromatic rings. The first-order valence-electron chi connectivity index (χ1n) is 9.06. The highest BCUT2D eigenvalue weighted by atomic mass is 32.1. The molecule has 1 fully saturated rings. The van der Waals surface area contributed by atoms with Gasteiger partial charge >= 0.3 is 0 Å². The van der Waals surface area contributed by atoms with Gasteiger partial charge in [0.2, 0.25) is 0 Å². The molecule has 0 atom stereocenters. The Morgan fingerprint density at radius 3 is 2.93 bits per heavy atom. The van der Waals surface area contributed by atoms with Crippen LogP contribution in [-0.2, 0) is 6.54 Å². The van der Waals surface area contributed by atoms with Crippen LogP contribution in [0.1, 0.15) is 12.7 Å². The molecule has 1 saturated heterocycles. The van der Waals surface area contributed by atoms with E-state index in [1.165, 1.54) is 4.90 Å². The first-order valence-corrected chi connectivity index (χ1v) is 11.2. The van der Waals surface area contributed by atoms with Crippen molar-refractivity contribution in [1.29, 1.82) is 0 Å². The maximum absolute atomic E-state index is 12.7. The van der Waals surface area contributed by atoms with Crippen molar-refractivity contribution >= 4 is 50.2 Å². The smallest absolute Gasteiger partial charge is 0.260 e. The van der Waals surface area contributed by atoms with E-state index in [0.29, 0.717) is 5.39 Å². The highest BCUT2D eigenvalue weighted by Crippen LogP contribution is 2.33. The van der Waals surface area contributed by atoms with Crippen molar-refractivity contribution < 1.29 is 4.90 Å². The first-order chi connectivity index (χ1) is 13.2. The van der Waals surface area contributed by atoms with Gasteiger partial charge in [0.25, 0.3) is 5.56 Å². The molecule has 0 bridgehead atoms. The van der Waals surface area contributed by atoms with Crippen molar-refractivity contribution in [1.82, 2.24) is 20.2 Å². The Morgan fingerprint density at radius 2 is 2.22 bits per heavy atom. The van der Waals surface area contributed by atoms with Gasteiger partial charge in [0.1, 0.15) is 11.4 Å². The van der Waals surface area contributed by atoms with Gasteiger partial charge in [0.05, 0.1) is 31.6 Å². The lowest BCUT2D eigenvalue weighted by Gasteiger charge is -2.33. The van der Waals surface area contributed by atoms with Gasteiger partial charge in [-0.3, -0.25) is 4.79 Å². The topological polar surface area (TPSA) is 65.5 Å². The zero-order valence-corrected chi connectivity index (χ0v) is 17.5. The van der Waals surface area contributed by atoms with Gasteiger partial charge < -0.3 is 20.1 Å². The van der Waals surface area contributed by atoms with Gasteiger partial charge in [-0.15, -0.1) is 22.7 Å². The van der Waals surface area contributed by atoms with E-state index in [2.05, 4.69) is 22.1 Å². The monoisotopic (exact) mass is 420 g/mol. The number of hydrogen-bond acceptors (Lipinski definition) is 5. The molecule has 0 aromatic carbocycles. The molecular formula is C18H22N5OS3+. The zero-order valence-electron chi connectivity index (χ0n) is 15.1. The van der Waals surface area contributed by atoms with Crippen LogP contribution in [0.5, 0.6) is 0 Å². The average Bonchev–Trinajstić information content (AvgIpc) is 3.32. The number of nitrogens with one attached hydrogen (secondary N) is 3. The van der Waals surface area contributed by atoms with Crippen LogP contribution < -0.4 is 15.8 Å². The van der Waals surface area contributed by atoms with Gasteiger partial charge in [-0.05, 0) is 30.6 Å². The lowest BCUT2D eigenvalue weighted by molar-refractivity contribution is -0.918. The second-order valence-electron chi connectivity index (χ2n) is 6.57. The Kier molecular flexibility index (Phi) is 5.53. The molecule has 4 heterocycles. The molecule has 3 N–H and O–H groups in total. The summed E-state index contributed by atoms with van der Waals surface area (Å²) < 4.78 is 0. The van der Waals surface area contributed by atoms with E-state index in [1.807, 2.05) is 22.9 Å². The largest absolute Gasteiger partial charge is 0.363 e. The van der Waals surface area contributed by atoms with Crippen LogP contribution in [0, 0.1) is 0 Å². The van der Waals surface area contributed by atoms with Gasteiger partial charge in [0.15, 0.2) is 10.9 Å². The Hall–Kier alpha value is -1.81. The number of thiocarbonyl (C=S) groups is 1. The molecule has 0 amide bonds. The minimum atomic E-state index is -0.0361. The number of rotatable bonds is 4. The van der Waals surface area contributed by atoms with Crippen molar-refractivity contribution in [3.8, 4) is 10.4 Å². The number of quaternary nitrogens is 1. The molecule has 1 aliphatic heterocycles. The third kappa shape index (κ3) is 3.91. The second-order valence-corrected chi connectivity index (χ2v) is 8.76. The fourth-order valence-corrected chi connectivity index (χ4v) is 5.50. The molecule has 3 aromatic heterocycles.